The maximum Gasteiger partial charge on any atom is 0.165 e. The van der Waals surface area contributed by atoms with Gasteiger partial charge in [0.1, 0.15) is 0 Å². The Hall–Kier alpha value is -1.26. The van der Waals surface area contributed by atoms with E-state index in [1.807, 2.05) is 19.1 Å². The Morgan fingerprint density at radius 1 is 1.29 bits per heavy atom. The third kappa shape index (κ3) is 4.90. The van der Waals surface area contributed by atoms with Gasteiger partial charge in [-0.3, -0.25) is 0 Å². The van der Waals surface area contributed by atoms with Crippen molar-refractivity contribution in [2.24, 2.45) is 5.92 Å². The van der Waals surface area contributed by atoms with Crippen LogP contribution in [0.15, 0.2) is 18.2 Å². The van der Waals surface area contributed by atoms with Gasteiger partial charge in [0, 0.05) is 24.6 Å². The number of ether oxygens (including phenoxy) is 3. The standard InChI is InChI=1S/C17H27NO3/c1-3-9-18-11-15-6-5-7-16(20-4-2)17(15)21-13-14-8-10-19-12-14/h5-7,14,18H,3-4,8-13H2,1-2H3. The predicted octanol–water partition coefficient (Wildman–Crippen LogP) is 3.00. The van der Waals surface area contributed by atoms with Crippen LogP contribution in [0.1, 0.15) is 32.3 Å². The van der Waals surface area contributed by atoms with Gasteiger partial charge >= 0.3 is 0 Å². The van der Waals surface area contributed by atoms with Crippen molar-refractivity contribution in [3.8, 4) is 11.5 Å². The second kappa shape index (κ2) is 8.90. The molecule has 1 atom stereocenters. The van der Waals surface area contributed by atoms with Gasteiger partial charge in [0.2, 0.25) is 0 Å². The topological polar surface area (TPSA) is 39.7 Å². The van der Waals surface area contributed by atoms with E-state index in [-0.39, 0.29) is 0 Å². The van der Waals surface area contributed by atoms with Crippen molar-refractivity contribution in [1.29, 1.82) is 0 Å². The van der Waals surface area contributed by atoms with Crippen molar-refractivity contribution in [3.05, 3.63) is 23.8 Å². The van der Waals surface area contributed by atoms with Crippen molar-refractivity contribution in [2.45, 2.75) is 33.2 Å². The van der Waals surface area contributed by atoms with E-state index in [0.717, 1.165) is 56.2 Å². The van der Waals surface area contributed by atoms with E-state index in [2.05, 4.69) is 18.3 Å². The van der Waals surface area contributed by atoms with Gasteiger partial charge in [-0.1, -0.05) is 19.1 Å². The van der Waals surface area contributed by atoms with Crippen LogP contribution < -0.4 is 14.8 Å². The molecule has 1 unspecified atom stereocenters. The van der Waals surface area contributed by atoms with Gasteiger partial charge in [-0.25, -0.2) is 0 Å². The second-order valence-electron chi connectivity index (χ2n) is 5.39. The number of hydrogen-bond acceptors (Lipinski definition) is 4. The summed E-state index contributed by atoms with van der Waals surface area (Å²) in [6.45, 7) is 8.99. The van der Waals surface area contributed by atoms with Crippen LogP contribution in [0.3, 0.4) is 0 Å². The molecular weight excluding hydrogens is 266 g/mol. The normalized spacial score (nSPS) is 17.9. The van der Waals surface area contributed by atoms with Crippen LogP contribution in [0.4, 0.5) is 0 Å². The van der Waals surface area contributed by atoms with Crippen molar-refractivity contribution in [1.82, 2.24) is 5.32 Å². The van der Waals surface area contributed by atoms with E-state index in [4.69, 9.17) is 14.2 Å². The summed E-state index contributed by atoms with van der Waals surface area (Å²) in [6, 6.07) is 6.11. The molecule has 1 fully saturated rings. The summed E-state index contributed by atoms with van der Waals surface area (Å²) < 4.78 is 17.2. The minimum atomic E-state index is 0.496. The molecule has 0 aromatic heterocycles. The molecule has 118 valence electrons. The fraction of sp³-hybridized carbons (Fsp3) is 0.647. The van der Waals surface area contributed by atoms with Gasteiger partial charge in [0.15, 0.2) is 11.5 Å². The lowest BCUT2D eigenvalue weighted by Gasteiger charge is -2.18. The van der Waals surface area contributed by atoms with Crippen molar-refractivity contribution < 1.29 is 14.2 Å². The zero-order chi connectivity index (χ0) is 14.9. The lowest BCUT2D eigenvalue weighted by Crippen LogP contribution is -2.17. The first kappa shape index (κ1) is 16.1. The highest BCUT2D eigenvalue weighted by Crippen LogP contribution is 2.32. The Kier molecular flexibility index (Phi) is 6.83. The number of para-hydroxylation sites is 1. The van der Waals surface area contributed by atoms with Crippen molar-refractivity contribution >= 4 is 0 Å². The average molecular weight is 293 g/mol. The van der Waals surface area contributed by atoms with Gasteiger partial charge in [-0.2, -0.15) is 0 Å². The third-order valence-corrected chi connectivity index (χ3v) is 3.59. The van der Waals surface area contributed by atoms with Crippen LogP contribution in [-0.4, -0.2) is 33.0 Å². The van der Waals surface area contributed by atoms with Gasteiger partial charge in [-0.15, -0.1) is 0 Å². The zero-order valence-corrected chi connectivity index (χ0v) is 13.2. The Bertz CT molecular complexity index is 416. The molecule has 1 aliphatic rings. The molecule has 0 amide bonds. The van der Waals surface area contributed by atoms with Gasteiger partial charge in [0.05, 0.1) is 19.8 Å². The first-order valence-electron chi connectivity index (χ1n) is 8.01. The fourth-order valence-corrected chi connectivity index (χ4v) is 2.45. The van der Waals surface area contributed by atoms with Crippen LogP contribution in [0.5, 0.6) is 11.5 Å². The van der Waals surface area contributed by atoms with Crippen LogP contribution in [-0.2, 0) is 11.3 Å². The number of hydrogen-bond donors (Lipinski definition) is 1. The Morgan fingerprint density at radius 2 is 2.19 bits per heavy atom. The first-order chi connectivity index (χ1) is 10.3. The molecular formula is C17H27NO3. The number of benzene rings is 1. The summed E-state index contributed by atoms with van der Waals surface area (Å²) in [5.74, 6) is 2.22. The molecule has 21 heavy (non-hydrogen) atoms. The summed E-state index contributed by atoms with van der Waals surface area (Å²) in [7, 11) is 0. The highest BCUT2D eigenvalue weighted by molar-refractivity contribution is 5.46. The highest BCUT2D eigenvalue weighted by atomic mass is 16.5. The lowest BCUT2D eigenvalue weighted by atomic mass is 10.1. The van der Waals surface area contributed by atoms with Gasteiger partial charge < -0.3 is 19.5 Å². The summed E-state index contributed by atoms with van der Waals surface area (Å²) >= 11 is 0. The maximum atomic E-state index is 6.09. The minimum absolute atomic E-state index is 0.496. The van der Waals surface area contributed by atoms with E-state index in [9.17, 15) is 0 Å². The second-order valence-corrected chi connectivity index (χ2v) is 5.39. The first-order valence-corrected chi connectivity index (χ1v) is 8.01. The zero-order valence-electron chi connectivity index (χ0n) is 13.2. The van der Waals surface area contributed by atoms with Gasteiger partial charge in [-0.05, 0) is 32.4 Å². The number of nitrogens with one attached hydrogen (secondary N) is 1. The number of rotatable bonds is 9. The highest BCUT2D eigenvalue weighted by Gasteiger charge is 2.18. The molecule has 0 saturated carbocycles. The van der Waals surface area contributed by atoms with Crippen LogP contribution in [0.25, 0.3) is 0 Å². The Morgan fingerprint density at radius 3 is 2.90 bits per heavy atom. The lowest BCUT2D eigenvalue weighted by molar-refractivity contribution is 0.164. The van der Waals surface area contributed by atoms with E-state index in [1.165, 1.54) is 0 Å². The fourth-order valence-electron chi connectivity index (χ4n) is 2.45. The Labute approximate surface area is 127 Å². The largest absolute Gasteiger partial charge is 0.490 e. The molecule has 1 aliphatic heterocycles. The van der Waals surface area contributed by atoms with Gasteiger partial charge in [0.25, 0.3) is 0 Å². The van der Waals surface area contributed by atoms with E-state index in [1.54, 1.807) is 0 Å². The molecule has 1 heterocycles. The molecule has 1 saturated heterocycles. The molecule has 0 bridgehead atoms. The molecule has 1 aromatic rings. The third-order valence-electron chi connectivity index (χ3n) is 3.59. The SMILES string of the molecule is CCCNCc1cccc(OCC)c1OCC1CCOC1. The van der Waals surface area contributed by atoms with Crippen molar-refractivity contribution in [2.75, 3.05) is 33.0 Å². The molecule has 2 rings (SSSR count). The van der Waals surface area contributed by atoms with Crippen LogP contribution in [0, 0.1) is 5.92 Å². The molecule has 0 aliphatic carbocycles. The molecule has 4 nitrogen and oxygen atoms in total. The average Bonchev–Trinajstić information content (AvgIpc) is 3.00. The molecule has 4 heteroatoms. The van der Waals surface area contributed by atoms with E-state index in [0.29, 0.717) is 19.1 Å². The smallest absolute Gasteiger partial charge is 0.165 e. The summed E-state index contributed by atoms with van der Waals surface area (Å²) in [5.41, 5.74) is 1.16. The van der Waals surface area contributed by atoms with Crippen molar-refractivity contribution in [3.63, 3.8) is 0 Å². The predicted molar refractivity (Wildman–Crippen MR) is 84.0 cm³/mol. The molecule has 1 aromatic carbocycles. The summed E-state index contributed by atoms with van der Waals surface area (Å²) in [6.07, 6.45) is 2.21. The Balaban J connectivity index is 2.04. The maximum absolute atomic E-state index is 6.09. The monoisotopic (exact) mass is 293 g/mol. The summed E-state index contributed by atoms with van der Waals surface area (Å²) in [5, 5.41) is 3.43. The van der Waals surface area contributed by atoms with E-state index >= 15 is 0 Å². The molecule has 1 N–H and O–H groups in total. The van der Waals surface area contributed by atoms with Crippen LogP contribution >= 0.6 is 0 Å². The van der Waals surface area contributed by atoms with Crippen LogP contribution in [0.2, 0.25) is 0 Å². The van der Waals surface area contributed by atoms with E-state index < -0.39 is 0 Å². The molecule has 0 spiro atoms. The minimum Gasteiger partial charge on any atom is -0.490 e. The quantitative estimate of drug-likeness (QED) is 0.711. The summed E-state index contributed by atoms with van der Waals surface area (Å²) in [4.78, 5) is 0. The molecule has 0 radical (unpaired) electrons.